The molecule has 5 rings (SSSR count). The first-order valence-electron chi connectivity index (χ1n) is 9.39. The summed E-state index contributed by atoms with van der Waals surface area (Å²) in [5, 5.41) is 3.05. The highest BCUT2D eigenvalue weighted by Gasteiger charge is 2.21. The van der Waals surface area contributed by atoms with Gasteiger partial charge in [-0.1, -0.05) is 30.3 Å². The van der Waals surface area contributed by atoms with Crippen molar-refractivity contribution in [1.82, 2.24) is 4.98 Å². The summed E-state index contributed by atoms with van der Waals surface area (Å²) in [6.45, 7) is 2.79. The summed E-state index contributed by atoms with van der Waals surface area (Å²) in [5.41, 5.74) is 1.79. The summed E-state index contributed by atoms with van der Waals surface area (Å²) in [7, 11) is 0. The molecule has 1 aliphatic heterocycles. The Morgan fingerprint density at radius 3 is 2.72 bits per heavy atom. The van der Waals surface area contributed by atoms with Crippen molar-refractivity contribution in [3.63, 3.8) is 0 Å². The second-order valence-corrected chi connectivity index (χ2v) is 7.71. The number of fused-ring (bicyclic) bond motifs is 2. The third kappa shape index (κ3) is 3.21. The zero-order valence-corrected chi connectivity index (χ0v) is 16.6. The van der Waals surface area contributed by atoms with Gasteiger partial charge in [0.15, 0.2) is 11.5 Å². The second-order valence-electron chi connectivity index (χ2n) is 6.68. The maximum absolute atomic E-state index is 13.2. The minimum absolute atomic E-state index is 0.0488. The Morgan fingerprint density at radius 1 is 1.03 bits per heavy atom. The second kappa shape index (κ2) is 7.22. The van der Waals surface area contributed by atoms with Crippen molar-refractivity contribution in [2.24, 2.45) is 0 Å². The maximum Gasteiger partial charge on any atom is 0.269 e. The lowest BCUT2D eigenvalue weighted by molar-refractivity contribution is 0.0992. The van der Waals surface area contributed by atoms with Crippen LogP contribution in [0.25, 0.3) is 21.3 Å². The van der Waals surface area contributed by atoms with Crippen LogP contribution in [0.3, 0.4) is 0 Å². The number of hydrogen-bond donors (Lipinski definition) is 0. The highest BCUT2D eigenvalue weighted by Crippen LogP contribution is 2.37. The molecule has 4 aromatic rings. The largest absolute Gasteiger partial charge is 0.454 e. The van der Waals surface area contributed by atoms with Gasteiger partial charge in [-0.25, -0.2) is 4.98 Å². The molecule has 1 aliphatic rings. The minimum Gasteiger partial charge on any atom is -0.454 e. The van der Waals surface area contributed by atoms with Gasteiger partial charge < -0.3 is 14.4 Å². The van der Waals surface area contributed by atoms with Gasteiger partial charge in [0.05, 0.1) is 6.20 Å². The van der Waals surface area contributed by atoms with E-state index >= 15 is 0 Å². The first kappa shape index (κ1) is 17.7. The van der Waals surface area contributed by atoms with E-state index in [1.807, 2.05) is 49.4 Å². The Balaban J connectivity index is 1.44. The molecule has 3 aromatic carbocycles. The van der Waals surface area contributed by atoms with Crippen LogP contribution in [0, 0.1) is 0 Å². The fraction of sp³-hybridized carbons (Fsp3) is 0.130. The number of carbonyl (C=O) groups excluding carboxylic acids is 1. The number of nitrogens with zero attached hydrogens (tertiary/aromatic N) is 2. The van der Waals surface area contributed by atoms with Crippen LogP contribution in [-0.2, 0) is 0 Å². The highest BCUT2D eigenvalue weighted by atomic mass is 32.1. The first-order chi connectivity index (χ1) is 14.2. The van der Waals surface area contributed by atoms with Crippen LogP contribution >= 0.6 is 11.3 Å². The van der Waals surface area contributed by atoms with Gasteiger partial charge in [0, 0.05) is 17.8 Å². The fourth-order valence-electron chi connectivity index (χ4n) is 3.46. The molecule has 144 valence electrons. The molecular formula is C23H18N2O3S. The number of aromatic nitrogens is 1. The molecular weight excluding hydrogens is 384 g/mol. The molecule has 0 spiro atoms. The molecule has 29 heavy (non-hydrogen) atoms. The SMILES string of the molecule is CCN(C(=O)c1cnc(-c2ccc3c(c2)OCO3)s1)c1ccc2ccccc2c1. The van der Waals surface area contributed by atoms with Gasteiger partial charge in [-0.2, -0.15) is 0 Å². The molecule has 0 saturated carbocycles. The molecule has 0 fully saturated rings. The van der Waals surface area contributed by atoms with Crippen LogP contribution in [0.15, 0.2) is 66.9 Å². The predicted octanol–water partition coefficient (Wildman–Crippen LogP) is 5.36. The molecule has 1 amide bonds. The molecule has 6 heteroatoms. The number of thiazole rings is 1. The Morgan fingerprint density at radius 2 is 1.86 bits per heavy atom. The summed E-state index contributed by atoms with van der Waals surface area (Å²) < 4.78 is 10.8. The topological polar surface area (TPSA) is 51.7 Å². The van der Waals surface area contributed by atoms with Crippen molar-refractivity contribution in [1.29, 1.82) is 0 Å². The number of benzene rings is 3. The van der Waals surface area contributed by atoms with Crippen LogP contribution in [0.2, 0.25) is 0 Å². The third-order valence-corrected chi connectivity index (χ3v) is 5.98. The number of amides is 1. The number of anilines is 1. The smallest absolute Gasteiger partial charge is 0.269 e. The van der Waals surface area contributed by atoms with Crippen molar-refractivity contribution < 1.29 is 14.3 Å². The maximum atomic E-state index is 13.2. The van der Waals surface area contributed by atoms with E-state index in [1.165, 1.54) is 11.3 Å². The quantitative estimate of drug-likeness (QED) is 0.461. The van der Waals surface area contributed by atoms with Crippen molar-refractivity contribution >= 4 is 33.7 Å². The van der Waals surface area contributed by atoms with Crippen molar-refractivity contribution in [3.8, 4) is 22.1 Å². The van der Waals surface area contributed by atoms with Gasteiger partial charge in [0.2, 0.25) is 6.79 Å². The predicted molar refractivity (Wildman–Crippen MR) is 115 cm³/mol. The minimum atomic E-state index is -0.0488. The fourth-order valence-corrected chi connectivity index (χ4v) is 4.32. The Hall–Kier alpha value is -3.38. The summed E-state index contributed by atoms with van der Waals surface area (Å²) >= 11 is 1.38. The Bertz CT molecular complexity index is 1220. The lowest BCUT2D eigenvalue weighted by atomic mass is 10.1. The van der Waals surface area contributed by atoms with Crippen LogP contribution in [0.5, 0.6) is 11.5 Å². The number of hydrogen-bond acceptors (Lipinski definition) is 5. The summed E-state index contributed by atoms with van der Waals surface area (Å²) in [5.74, 6) is 1.39. The average Bonchev–Trinajstić information content (AvgIpc) is 3.43. The average molecular weight is 402 g/mol. The molecule has 0 unspecified atom stereocenters. The lowest BCUT2D eigenvalue weighted by Gasteiger charge is -2.20. The summed E-state index contributed by atoms with van der Waals surface area (Å²) in [4.78, 5) is 20.0. The monoisotopic (exact) mass is 402 g/mol. The van der Waals surface area contributed by atoms with Crippen molar-refractivity contribution in [2.75, 3.05) is 18.2 Å². The molecule has 0 N–H and O–H groups in total. The van der Waals surface area contributed by atoms with E-state index in [1.54, 1.807) is 11.1 Å². The van der Waals surface area contributed by atoms with E-state index in [4.69, 9.17) is 9.47 Å². The van der Waals surface area contributed by atoms with E-state index in [2.05, 4.69) is 23.2 Å². The van der Waals surface area contributed by atoms with E-state index < -0.39 is 0 Å². The van der Waals surface area contributed by atoms with E-state index in [0.29, 0.717) is 17.2 Å². The van der Waals surface area contributed by atoms with Crippen LogP contribution in [-0.4, -0.2) is 24.2 Å². The van der Waals surface area contributed by atoms with Gasteiger partial charge in [-0.3, -0.25) is 4.79 Å². The molecule has 2 heterocycles. The molecule has 0 bridgehead atoms. The number of carbonyl (C=O) groups is 1. The standard InChI is InChI=1S/C23H18N2O3S/c1-2-25(18-9-7-15-5-3-4-6-16(15)11-18)23(26)21-13-24-22(29-21)17-8-10-19-20(12-17)28-14-27-19/h3-13H,2,14H2,1H3. The molecule has 0 atom stereocenters. The first-order valence-corrected chi connectivity index (χ1v) is 10.2. The number of rotatable bonds is 4. The lowest BCUT2D eigenvalue weighted by Crippen LogP contribution is -2.29. The summed E-state index contributed by atoms with van der Waals surface area (Å²) in [6, 6.07) is 19.9. The third-order valence-electron chi connectivity index (χ3n) is 4.94. The summed E-state index contributed by atoms with van der Waals surface area (Å²) in [6.07, 6.45) is 1.65. The van der Waals surface area contributed by atoms with Crippen LogP contribution in [0.1, 0.15) is 16.6 Å². The van der Waals surface area contributed by atoms with Crippen molar-refractivity contribution in [2.45, 2.75) is 6.92 Å². The van der Waals surface area contributed by atoms with E-state index in [9.17, 15) is 4.79 Å². The number of ether oxygens (including phenoxy) is 2. The van der Waals surface area contributed by atoms with E-state index in [0.717, 1.165) is 32.8 Å². The van der Waals surface area contributed by atoms with Gasteiger partial charge in [-0.15, -0.1) is 11.3 Å². The zero-order valence-electron chi connectivity index (χ0n) is 15.8. The van der Waals surface area contributed by atoms with Gasteiger partial charge in [0.1, 0.15) is 9.88 Å². The molecule has 5 nitrogen and oxygen atoms in total. The molecule has 0 aliphatic carbocycles. The normalized spacial score (nSPS) is 12.3. The highest BCUT2D eigenvalue weighted by molar-refractivity contribution is 7.17. The van der Waals surface area contributed by atoms with Gasteiger partial charge >= 0.3 is 0 Å². The molecule has 0 radical (unpaired) electrons. The van der Waals surface area contributed by atoms with Crippen LogP contribution < -0.4 is 14.4 Å². The van der Waals surface area contributed by atoms with Crippen molar-refractivity contribution in [3.05, 3.63) is 71.7 Å². The Kier molecular flexibility index (Phi) is 4.41. The van der Waals surface area contributed by atoms with Gasteiger partial charge in [0.25, 0.3) is 5.91 Å². The van der Waals surface area contributed by atoms with Crippen LogP contribution in [0.4, 0.5) is 5.69 Å². The molecule has 1 aromatic heterocycles. The zero-order chi connectivity index (χ0) is 19.8. The molecule has 0 saturated heterocycles. The Labute approximate surface area is 172 Å². The van der Waals surface area contributed by atoms with Gasteiger partial charge in [-0.05, 0) is 48.0 Å². The van der Waals surface area contributed by atoms with E-state index in [-0.39, 0.29) is 12.7 Å².